The zero-order chi connectivity index (χ0) is 14.0. The zero-order valence-electron chi connectivity index (χ0n) is 11.9. The largest absolute Gasteiger partial charge is 0.497 e. The summed E-state index contributed by atoms with van der Waals surface area (Å²) in [5, 5.41) is 1.10. The van der Waals surface area contributed by atoms with Crippen molar-refractivity contribution in [3.8, 4) is 5.75 Å². The molecule has 0 atom stereocenters. The smallest absolute Gasteiger partial charge is 0.128 e. The number of ether oxygens (including phenoxy) is 1. The molecule has 2 aromatic rings. The number of thioether (sulfide) groups is 1. The lowest BCUT2D eigenvalue weighted by molar-refractivity contribution is 0.415. The Morgan fingerprint density at radius 3 is 2.63 bits per heavy atom. The molecular weight excluding hydrogens is 256 g/mol. The van der Waals surface area contributed by atoms with Crippen molar-refractivity contribution in [1.29, 1.82) is 0 Å². The topological polar surface area (TPSA) is 48.1 Å². The maximum absolute atomic E-state index is 6.04. The molecule has 0 unspecified atom stereocenters. The van der Waals surface area contributed by atoms with Crippen molar-refractivity contribution in [2.75, 3.05) is 12.8 Å². The first kappa shape index (κ1) is 14.0. The minimum absolute atomic E-state index is 0.224. The van der Waals surface area contributed by atoms with Crippen LogP contribution in [0.15, 0.2) is 24.3 Å². The molecule has 0 fully saturated rings. The third kappa shape index (κ3) is 3.53. The summed E-state index contributed by atoms with van der Waals surface area (Å²) in [4.78, 5) is 4.47. The van der Waals surface area contributed by atoms with Gasteiger partial charge in [0.2, 0.25) is 0 Å². The highest BCUT2D eigenvalue weighted by Crippen LogP contribution is 2.30. The predicted octanol–water partition coefficient (Wildman–Crippen LogP) is 3.86. The van der Waals surface area contributed by atoms with Crippen molar-refractivity contribution in [2.24, 2.45) is 0 Å². The average molecular weight is 276 g/mol. The van der Waals surface area contributed by atoms with Crippen LogP contribution >= 0.6 is 11.8 Å². The number of aromatic nitrogens is 1. The highest BCUT2D eigenvalue weighted by molar-refractivity contribution is 7.99. The Labute approximate surface area is 118 Å². The van der Waals surface area contributed by atoms with Crippen molar-refractivity contribution in [1.82, 2.24) is 4.98 Å². The quantitative estimate of drug-likeness (QED) is 0.925. The Kier molecular flexibility index (Phi) is 3.90. The molecule has 0 spiro atoms. The average Bonchev–Trinajstić information content (AvgIpc) is 2.34. The molecule has 0 saturated carbocycles. The third-order valence-corrected chi connectivity index (χ3v) is 4.12. The first-order valence-corrected chi connectivity index (χ1v) is 7.25. The van der Waals surface area contributed by atoms with E-state index in [1.165, 1.54) is 0 Å². The normalized spacial score (nSPS) is 11.8. The van der Waals surface area contributed by atoms with Gasteiger partial charge in [0.15, 0.2) is 0 Å². The lowest BCUT2D eigenvalue weighted by atomic mass is 10.1. The van der Waals surface area contributed by atoms with Crippen molar-refractivity contribution < 1.29 is 4.74 Å². The molecule has 1 heterocycles. The molecule has 0 aliphatic rings. The highest BCUT2D eigenvalue weighted by Gasteiger charge is 2.13. The van der Waals surface area contributed by atoms with Crippen LogP contribution < -0.4 is 10.5 Å². The van der Waals surface area contributed by atoms with E-state index in [-0.39, 0.29) is 4.75 Å². The van der Waals surface area contributed by atoms with E-state index in [4.69, 9.17) is 10.5 Å². The molecule has 3 nitrogen and oxygen atoms in total. The van der Waals surface area contributed by atoms with Gasteiger partial charge in [-0.2, -0.15) is 11.8 Å². The Bertz CT molecular complexity index is 590. The van der Waals surface area contributed by atoms with E-state index >= 15 is 0 Å². The van der Waals surface area contributed by atoms with Crippen LogP contribution in [-0.4, -0.2) is 16.8 Å². The second-order valence-electron chi connectivity index (χ2n) is 5.49. The van der Waals surface area contributed by atoms with Gasteiger partial charge in [0, 0.05) is 27.5 Å². The highest BCUT2D eigenvalue weighted by atomic mass is 32.2. The number of rotatable bonds is 3. The molecule has 0 bridgehead atoms. The molecule has 102 valence electrons. The Morgan fingerprint density at radius 2 is 2.00 bits per heavy atom. The van der Waals surface area contributed by atoms with Gasteiger partial charge in [0.1, 0.15) is 11.6 Å². The molecule has 0 saturated heterocycles. The molecule has 0 aliphatic carbocycles. The fraction of sp³-hybridized carbons (Fsp3) is 0.400. The maximum atomic E-state index is 6.04. The number of hydrogen-bond donors (Lipinski definition) is 1. The van der Waals surface area contributed by atoms with Gasteiger partial charge in [-0.25, -0.2) is 4.98 Å². The van der Waals surface area contributed by atoms with Gasteiger partial charge in [0.05, 0.1) is 12.6 Å². The number of pyridine rings is 1. The number of benzene rings is 1. The molecule has 0 aliphatic heterocycles. The van der Waals surface area contributed by atoms with E-state index in [1.807, 2.05) is 30.0 Å². The molecular formula is C15H20N2OS. The van der Waals surface area contributed by atoms with E-state index in [9.17, 15) is 0 Å². The summed E-state index contributed by atoms with van der Waals surface area (Å²) in [5.74, 6) is 2.29. The Balaban J connectivity index is 2.34. The minimum atomic E-state index is 0.224. The zero-order valence-corrected chi connectivity index (χ0v) is 12.7. The van der Waals surface area contributed by atoms with Crippen LogP contribution in [0.2, 0.25) is 0 Å². The first-order chi connectivity index (χ1) is 8.89. The first-order valence-electron chi connectivity index (χ1n) is 6.26. The summed E-state index contributed by atoms with van der Waals surface area (Å²) >= 11 is 1.87. The Hall–Kier alpha value is -1.42. The number of anilines is 1. The number of methoxy groups -OCH3 is 1. The number of nitrogens with two attached hydrogens (primary N) is 1. The monoisotopic (exact) mass is 276 g/mol. The number of nitrogen functional groups attached to an aromatic ring is 1. The summed E-state index contributed by atoms with van der Waals surface area (Å²) < 4.78 is 5.42. The van der Waals surface area contributed by atoms with Gasteiger partial charge in [0.25, 0.3) is 0 Å². The summed E-state index contributed by atoms with van der Waals surface area (Å²) in [5.41, 5.74) is 8.01. The molecule has 0 radical (unpaired) electrons. The summed E-state index contributed by atoms with van der Waals surface area (Å²) in [6.45, 7) is 6.60. The van der Waals surface area contributed by atoms with Crippen molar-refractivity contribution in [3.05, 3.63) is 29.8 Å². The lowest BCUT2D eigenvalue weighted by Gasteiger charge is -2.18. The van der Waals surface area contributed by atoms with Gasteiger partial charge < -0.3 is 10.5 Å². The predicted molar refractivity (Wildman–Crippen MR) is 83.8 cm³/mol. The van der Waals surface area contributed by atoms with Gasteiger partial charge >= 0.3 is 0 Å². The lowest BCUT2D eigenvalue weighted by Crippen LogP contribution is -2.08. The van der Waals surface area contributed by atoms with Crippen molar-refractivity contribution in [2.45, 2.75) is 31.3 Å². The van der Waals surface area contributed by atoms with E-state index in [0.717, 1.165) is 28.0 Å². The van der Waals surface area contributed by atoms with E-state index < -0.39 is 0 Å². The van der Waals surface area contributed by atoms with Gasteiger partial charge in [-0.1, -0.05) is 20.8 Å². The van der Waals surface area contributed by atoms with Crippen LogP contribution in [0.5, 0.6) is 5.75 Å². The van der Waals surface area contributed by atoms with Crippen LogP contribution in [0.3, 0.4) is 0 Å². The fourth-order valence-corrected chi connectivity index (χ4v) is 2.56. The van der Waals surface area contributed by atoms with Crippen molar-refractivity contribution >= 4 is 28.5 Å². The van der Waals surface area contributed by atoms with E-state index in [1.54, 1.807) is 7.11 Å². The van der Waals surface area contributed by atoms with E-state index in [0.29, 0.717) is 5.82 Å². The molecule has 1 aromatic heterocycles. The fourth-order valence-electron chi connectivity index (χ4n) is 1.74. The Morgan fingerprint density at radius 1 is 1.26 bits per heavy atom. The summed E-state index contributed by atoms with van der Waals surface area (Å²) in [6, 6.07) is 8.00. The van der Waals surface area contributed by atoms with Crippen LogP contribution in [-0.2, 0) is 5.75 Å². The summed E-state index contributed by atoms with van der Waals surface area (Å²) in [6.07, 6.45) is 0. The van der Waals surface area contributed by atoms with Crippen molar-refractivity contribution in [3.63, 3.8) is 0 Å². The van der Waals surface area contributed by atoms with Gasteiger partial charge in [-0.05, 0) is 18.2 Å². The number of hydrogen-bond acceptors (Lipinski definition) is 4. The molecule has 0 amide bonds. The molecule has 4 heteroatoms. The van der Waals surface area contributed by atoms with Crippen LogP contribution in [0.25, 0.3) is 10.9 Å². The second-order valence-corrected chi connectivity index (χ2v) is 7.29. The SMILES string of the molecule is COc1ccc2cc(CSC(C)(C)C)c(N)nc2c1. The third-order valence-electron chi connectivity index (χ3n) is 2.80. The van der Waals surface area contributed by atoms with Crippen LogP contribution in [0.1, 0.15) is 26.3 Å². The maximum Gasteiger partial charge on any atom is 0.128 e. The van der Waals surface area contributed by atoms with Crippen LogP contribution in [0, 0.1) is 0 Å². The van der Waals surface area contributed by atoms with Gasteiger partial charge in [-0.15, -0.1) is 0 Å². The number of nitrogens with zero attached hydrogens (tertiary/aromatic N) is 1. The summed E-state index contributed by atoms with van der Waals surface area (Å²) in [7, 11) is 1.65. The van der Waals surface area contributed by atoms with Gasteiger partial charge in [-0.3, -0.25) is 0 Å². The number of fused-ring (bicyclic) bond motifs is 1. The molecule has 2 rings (SSSR count). The molecule has 2 N–H and O–H groups in total. The second kappa shape index (κ2) is 5.29. The van der Waals surface area contributed by atoms with E-state index in [2.05, 4.69) is 31.8 Å². The molecule has 1 aromatic carbocycles. The minimum Gasteiger partial charge on any atom is -0.497 e. The van der Waals surface area contributed by atoms with Crippen LogP contribution in [0.4, 0.5) is 5.82 Å². The standard InChI is InChI=1S/C15H20N2OS/c1-15(2,3)19-9-11-7-10-5-6-12(18-4)8-13(10)17-14(11)16/h5-8H,9H2,1-4H3,(H2,16,17). The molecule has 19 heavy (non-hydrogen) atoms.